The van der Waals surface area contributed by atoms with E-state index in [0.717, 1.165) is 22.0 Å². The first-order chi connectivity index (χ1) is 11.7. The van der Waals surface area contributed by atoms with Crippen LogP contribution in [-0.2, 0) is 6.42 Å². The Labute approximate surface area is 146 Å². The zero-order chi connectivity index (χ0) is 16.8. The van der Waals surface area contributed by atoms with Crippen LogP contribution in [0, 0.1) is 0 Å². The van der Waals surface area contributed by atoms with Gasteiger partial charge < -0.3 is 15.2 Å². The molecule has 0 aliphatic rings. The summed E-state index contributed by atoms with van der Waals surface area (Å²) in [6.45, 7) is 0.525. The molecule has 0 bridgehead atoms. The summed E-state index contributed by atoms with van der Waals surface area (Å²) < 4.78 is 2.01. The number of benzene rings is 2. The van der Waals surface area contributed by atoms with Gasteiger partial charge in [-0.2, -0.15) is 0 Å². The molecule has 0 atom stereocenters. The second kappa shape index (κ2) is 7.70. The molecule has 122 valence electrons. The number of hydrogen-bond acceptors (Lipinski definition) is 1. The van der Waals surface area contributed by atoms with Crippen molar-refractivity contribution < 1.29 is 4.79 Å². The lowest BCUT2D eigenvalue weighted by Gasteiger charge is -2.09. The summed E-state index contributed by atoms with van der Waals surface area (Å²) in [5.41, 5.74) is 2.82. The van der Waals surface area contributed by atoms with Gasteiger partial charge in [0.2, 0.25) is 0 Å². The van der Waals surface area contributed by atoms with Crippen LogP contribution in [0.3, 0.4) is 0 Å². The van der Waals surface area contributed by atoms with E-state index in [1.54, 1.807) is 0 Å². The molecule has 0 aliphatic carbocycles. The predicted octanol–water partition coefficient (Wildman–Crippen LogP) is 4.49. The molecule has 4 nitrogen and oxygen atoms in total. The molecule has 0 fully saturated rings. The van der Waals surface area contributed by atoms with Crippen molar-refractivity contribution in [2.75, 3.05) is 11.9 Å². The van der Waals surface area contributed by atoms with Crippen molar-refractivity contribution in [3.8, 4) is 5.69 Å². The summed E-state index contributed by atoms with van der Waals surface area (Å²) in [6, 6.07) is 19.0. The zero-order valence-electron chi connectivity index (χ0n) is 13.1. The number of carbonyl (C=O) groups excluding carboxylic acids is 1. The Morgan fingerprint density at radius 2 is 1.67 bits per heavy atom. The van der Waals surface area contributed by atoms with E-state index in [-0.39, 0.29) is 6.03 Å². The fourth-order valence-corrected chi connectivity index (χ4v) is 2.64. The number of halogens is 1. The van der Waals surface area contributed by atoms with Crippen LogP contribution in [-0.4, -0.2) is 17.1 Å². The average Bonchev–Trinajstić information content (AvgIpc) is 3.12. The number of carbonyl (C=O) groups is 1. The average molecular weight is 340 g/mol. The Hall–Kier alpha value is -2.72. The van der Waals surface area contributed by atoms with Gasteiger partial charge in [-0.25, -0.2) is 4.79 Å². The monoisotopic (exact) mass is 339 g/mol. The normalized spacial score (nSPS) is 10.4. The third kappa shape index (κ3) is 4.18. The van der Waals surface area contributed by atoms with Gasteiger partial charge in [-0.3, -0.25) is 0 Å². The highest BCUT2D eigenvalue weighted by atomic mass is 35.5. The minimum absolute atomic E-state index is 0.226. The molecule has 0 radical (unpaired) electrons. The van der Waals surface area contributed by atoms with Gasteiger partial charge in [-0.1, -0.05) is 29.8 Å². The summed E-state index contributed by atoms with van der Waals surface area (Å²) in [6.07, 6.45) is 4.65. The zero-order valence-corrected chi connectivity index (χ0v) is 13.8. The van der Waals surface area contributed by atoms with Crippen LogP contribution in [0.2, 0.25) is 5.02 Å². The second-order valence-electron chi connectivity index (χ2n) is 5.36. The van der Waals surface area contributed by atoms with E-state index in [4.69, 9.17) is 11.6 Å². The lowest BCUT2D eigenvalue weighted by molar-refractivity contribution is 0.252. The molecule has 1 aromatic heterocycles. The summed E-state index contributed by atoms with van der Waals surface area (Å²) in [5, 5.41) is 6.38. The first-order valence-electron chi connectivity index (χ1n) is 7.74. The quantitative estimate of drug-likeness (QED) is 0.706. The molecule has 3 rings (SSSR count). The largest absolute Gasteiger partial charge is 0.338 e. The molecule has 0 spiro atoms. The first-order valence-corrected chi connectivity index (χ1v) is 8.12. The Balaban J connectivity index is 1.49. The molecule has 2 amide bonds. The molecule has 0 aliphatic heterocycles. The maximum absolute atomic E-state index is 11.9. The maximum atomic E-state index is 11.9. The van der Waals surface area contributed by atoms with Crippen LogP contribution in [0.4, 0.5) is 10.5 Å². The van der Waals surface area contributed by atoms with Crippen LogP contribution in [0.1, 0.15) is 5.56 Å². The molecule has 1 heterocycles. The first kappa shape index (κ1) is 16.1. The predicted molar refractivity (Wildman–Crippen MR) is 97.9 cm³/mol. The molecule has 0 unspecified atom stereocenters. The van der Waals surface area contributed by atoms with Gasteiger partial charge in [0.25, 0.3) is 0 Å². The van der Waals surface area contributed by atoms with Gasteiger partial charge in [-0.05, 0) is 54.4 Å². The van der Waals surface area contributed by atoms with Crippen LogP contribution in [0.5, 0.6) is 0 Å². The Kier molecular flexibility index (Phi) is 5.18. The molecule has 5 heteroatoms. The van der Waals surface area contributed by atoms with Crippen LogP contribution in [0.15, 0.2) is 73.1 Å². The van der Waals surface area contributed by atoms with E-state index >= 15 is 0 Å². The molecular formula is C19H18ClN3O. The smallest absolute Gasteiger partial charge is 0.319 e. The lowest BCUT2D eigenvalue weighted by atomic mass is 10.1. The van der Waals surface area contributed by atoms with Crippen molar-refractivity contribution in [1.82, 2.24) is 9.88 Å². The molecule has 0 saturated heterocycles. The Morgan fingerprint density at radius 3 is 2.38 bits per heavy atom. The summed E-state index contributed by atoms with van der Waals surface area (Å²) >= 11 is 6.10. The van der Waals surface area contributed by atoms with Gasteiger partial charge in [0.15, 0.2) is 0 Å². The molecule has 3 aromatic rings. The number of urea groups is 1. The molecule has 2 N–H and O–H groups in total. The highest BCUT2D eigenvalue weighted by Crippen LogP contribution is 2.15. The minimum atomic E-state index is -0.226. The highest BCUT2D eigenvalue weighted by Gasteiger charge is 2.03. The maximum Gasteiger partial charge on any atom is 0.319 e. The van der Waals surface area contributed by atoms with E-state index in [2.05, 4.69) is 10.6 Å². The minimum Gasteiger partial charge on any atom is -0.338 e. The third-order valence-corrected chi connectivity index (χ3v) is 4.03. The topological polar surface area (TPSA) is 46.1 Å². The fourth-order valence-electron chi connectivity index (χ4n) is 2.41. The number of aromatic nitrogens is 1. The number of hydrogen-bond donors (Lipinski definition) is 2. The number of nitrogens with zero attached hydrogens (tertiary/aromatic N) is 1. The molecule has 0 saturated carbocycles. The van der Waals surface area contributed by atoms with E-state index in [9.17, 15) is 4.79 Å². The summed E-state index contributed by atoms with van der Waals surface area (Å²) in [5.74, 6) is 0. The van der Waals surface area contributed by atoms with Crippen molar-refractivity contribution in [3.63, 3.8) is 0 Å². The van der Waals surface area contributed by atoms with Gasteiger partial charge in [-0.15, -0.1) is 0 Å². The standard InChI is InChI=1S/C19H18ClN3O/c20-18-6-2-1-5-15(18)11-12-21-19(24)22-16-7-9-17(10-8-16)23-13-3-4-14-23/h1-10,13-14H,11-12H2,(H2,21,22,24). The lowest BCUT2D eigenvalue weighted by Crippen LogP contribution is -2.30. The summed E-state index contributed by atoms with van der Waals surface area (Å²) in [7, 11) is 0. The van der Waals surface area contributed by atoms with Gasteiger partial charge in [0.05, 0.1) is 0 Å². The van der Waals surface area contributed by atoms with Crippen LogP contribution >= 0.6 is 11.6 Å². The van der Waals surface area contributed by atoms with Crippen molar-refractivity contribution >= 4 is 23.3 Å². The van der Waals surface area contributed by atoms with Gasteiger partial charge in [0, 0.05) is 35.3 Å². The number of nitrogens with one attached hydrogen (secondary N) is 2. The van der Waals surface area contributed by atoms with Gasteiger partial charge in [0.1, 0.15) is 0 Å². The Bertz CT molecular complexity index is 798. The second-order valence-corrected chi connectivity index (χ2v) is 5.77. The number of rotatable bonds is 5. The Morgan fingerprint density at radius 1 is 0.958 bits per heavy atom. The van der Waals surface area contributed by atoms with Crippen molar-refractivity contribution in [2.24, 2.45) is 0 Å². The van der Waals surface area contributed by atoms with E-state index in [1.807, 2.05) is 77.6 Å². The fraction of sp³-hybridized carbons (Fsp3) is 0.105. The van der Waals surface area contributed by atoms with Gasteiger partial charge >= 0.3 is 6.03 Å². The SMILES string of the molecule is O=C(NCCc1ccccc1Cl)Nc1ccc(-n2cccc2)cc1. The van der Waals surface area contributed by atoms with Crippen molar-refractivity contribution in [2.45, 2.75) is 6.42 Å². The van der Waals surface area contributed by atoms with Crippen molar-refractivity contribution in [3.05, 3.63) is 83.6 Å². The molecule has 2 aromatic carbocycles. The summed E-state index contributed by atoms with van der Waals surface area (Å²) in [4.78, 5) is 11.9. The molecule has 24 heavy (non-hydrogen) atoms. The van der Waals surface area contributed by atoms with Crippen molar-refractivity contribution in [1.29, 1.82) is 0 Å². The van der Waals surface area contributed by atoms with E-state index in [0.29, 0.717) is 13.0 Å². The van der Waals surface area contributed by atoms with Crippen LogP contribution < -0.4 is 10.6 Å². The highest BCUT2D eigenvalue weighted by molar-refractivity contribution is 6.31. The number of anilines is 1. The third-order valence-electron chi connectivity index (χ3n) is 3.67. The van der Waals surface area contributed by atoms with Crippen LogP contribution in [0.25, 0.3) is 5.69 Å². The van der Waals surface area contributed by atoms with E-state index in [1.165, 1.54) is 0 Å². The number of amides is 2. The van der Waals surface area contributed by atoms with E-state index < -0.39 is 0 Å². The molecular weight excluding hydrogens is 322 g/mol.